The van der Waals surface area contributed by atoms with Gasteiger partial charge in [-0.2, -0.15) is 0 Å². The number of nitrogens with two attached hydrogens (primary N) is 1. The highest BCUT2D eigenvalue weighted by atomic mass is 35.5. The molecule has 1 atom stereocenters. The minimum absolute atomic E-state index is 0. The van der Waals surface area contributed by atoms with Crippen LogP contribution in [0.1, 0.15) is 25.5 Å². The summed E-state index contributed by atoms with van der Waals surface area (Å²) < 4.78 is 38.6. The van der Waals surface area contributed by atoms with Gasteiger partial charge in [-0.25, -0.2) is 13.2 Å². The van der Waals surface area contributed by atoms with E-state index in [0.717, 1.165) is 12.1 Å². The van der Waals surface area contributed by atoms with Crippen LogP contribution in [0.5, 0.6) is 0 Å². The van der Waals surface area contributed by atoms with Crippen LogP contribution in [0.15, 0.2) is 12.1 Å². The molecule has 1 rings (SSSR count). The molecule has 0 saturated carbocycles. The van der Waals surface area contributed by atoms with Crippen molar-refractivity contribution in [1.82, 2.24) is 0 Å². The Hall–Kier alpha value is -0.780. The van der Waals surface area contributed by atoms with Crippen LogP contribution in [0.4, 0.5) is 13.2 Å². The quantitative estimate of drug-likeness (QED) is 0.829. The zero-order valence-corrected chi connectivity index (χ0v) is 10.3. The van der Waals surface area contributed by atoms with E-state index >= 15 is 0 Å². The van der Waals surface area contributed by atoms with Crippen molar-refractivity contribution in [2.45, 2.75) is 19.9 Å². The van der Waals surface area contributed by atoms with Crippen molar-refractivity contribution in [2.24, 2.45) is 11.1 Å². The summed E-state index contributed by atoms with van der Waals surface area (Å²) in [6, 6.07) is 0.920. The largest absolute Gasteiger partial charge is 0.396 e. The summed E-state index contributed by atoms with van der Waals surface area (Å²) in [6.45, 7) is 3.06. The Bertz CT molecular complexity index is 375. The molecule has 98 valence electrons. The van der Waals surface area contributed by atoms with Crippen molar-refractivity contribution in [3.8, 4) is 0 Å². The van der Waals surface area contributed by atoms with Crippen molar-refractivity contribution in [1.29, 1.82) is 0 Å². The van der Waals surface area contributed by atoms with Crippen LogP contribution >= 0.6 is 12.4 Å². The van der Waals surface area contributed by atoms with E-state index < -0.39 is 28.9 Å². The van der Waals surface area contributed by atoms with Crippen LogP contribution in [0.2, 0.25) is 0 Å². The lowest BCUT2D eigenvalue weighted by Gasteiger charge is -2.29. The van der Waals surface area contributed by atoms with Gasteiger partial charge in [0.25, 0.3) is 0 Å². The van der Waals surface area contributed by atoms with E-state index in [1.165, 1.54) is 0 Å². The smallest absolute Gasteiger partial charge is 0.194 e. The minimum Gasteiger partial charge on any atom is -0.396 e. The molecule has 0 aliphatic carbocycles. The fraction of sp³-hybridized carbons (Fsp3) is 0.455. The first-order chi connectivity index (χ1) is 7.29. The first kappa shape index (κ1) is 16.2. The van der Waals surface area contributed by atoms with Crippen molar-refractivity contribution in [2.75, 3.05) is 6.61 Å². The van der Waals surface area contributed by atoms with Crippen LogP contribution in [-0.2, 0) is 0 Å². The lowest BCUT2D eigenvalue weighted by molar-refractivity contribution is 0.132. The average molecular weight is 270 g/mol. The Morgan fingerprint density at radius 3 is 2.00 bits per heavy atom. The van der Waals surface area contributed by atoms with Crippen LogP contribution in [0.3, 0.4) is 0 Å². The molecule has 0 heterocycles. The molecule has 0 aliphatic heterocycles. The lowest BCUT2D eigenvalue weighted by Crippen LogP contribution is -2.32. The molecule has 1 aromatic rings. The van der Waals surface area contributed by atoms with E-state index in [4.69, 9.17) is 10.8 Å². The fourth-order valence-corrected chi connectivity index (χ4v) is 1.30. The zero-order chi connectivity index (χ0) is 12.5. The molecule has 6 heteroatoms. The van der Waals surface area contributed by atoms with Gasteiger partial charge < -0.3 is 10.8 Å². The van der Waals surface area contributed by atoms with Crippen molar-refractivity contribution in [3.05, 3.63) is 35.1 Å². The Morgan fingerprint density at radius 2 is 1.65 bits per heavy atom. The number of halogens is 4. The number of rotatable bonds is 3. The Balaban J connectivity index is 0.00000256. The Kier molecular flexibility index (Phi) is 5.45. The second-order valence-corrected chi connectivity index (χ2v) is 4.42. The maximum Gasteiger partial charge on any atom is 0.194 e. The molecular formula is C11H15ClF3NO. The second-order valence-electron chi connectivity index (χ2n) is 4.42. The lowest BCUT2D eigenvalue weighted by atomic mass is 9.82. The average Bonchev–Trinajstić information content (AvgIpc) is 2.24. The molecule has 3 N–H and O–H groups in total. The monoisotopic (exact) mass is 269 g/mol. The van der Waals surface area contributed by atoms with E-state index in [-0.39, 0.29) is 24.6 Å². The summed E-state index contributed by atoms with van der Waals surface area (Å²) in [7, 11) is 0. The second kappa shape index (κ2) is 5.71. The number of benzene rings is 1. The third kappa shape index (κ3) is 3.34. The SMILES string of the molecule is CC(C)(CO)[C@H](N)c1cc(F)c(F)c(F)c1.Cl. The van der Waals surface area contributed by atoms with Gasteiger partial charge in [-0.1, -0.05) is 13.8 Å². The van der Waals surface area contributed by atoms with Gasteiger partial charge >= 0.3 is 0 Å². The van der Waals surface area contributed by atoms with E-state index in [9.17, 15) is 13.2 Å². The molecule has 1 aromatic carbocycles. The summed E-state index contributed by atoms with van der Waals surface area (Å²) in [5.41, 5.74) is 5.14. The van der Waals surface area contributed by atoms with Gasteiger partial charge in [0.2, 0.25) is 0 Å². The van der Waals surface area contributed by atoms with Crippen LogP contribution in [0, 0.1) is 22.9 Å². The number of aliphatic hydroxyl groups is 1. The highest BCUT2D eigenvalue weighted by molar-refractivity contribution is 5.85. The number of hydrogen-bond acceptors (Lipinski definition) is 2. The third-order valence-corrected chi connectivity index (χ3v) is 2.61. The van der Waals surface area contributed by atoms with E-state index in [0.29, 0.717) is 0 Å². The first-order valence-corrected chi connectivity index (χ1v) is 4.80. The van der Waals surface area contributed by atoms with Crippen molar-refractivity contribution < 1.29 is 18.3 Å². The van der Waals surface area contributed by atoms with Gasteiger partial charge in [0, 0.05) is 18.1 Å². The van der Waals surface area contributed by atoms with Gasteiger partial charge in [-0.15, -0.1) is 12.4 Å². The highest BCUT2D eigenvalue weighted by Gasteiger charge is 2.28. The zero-order valence-electron chi connectivity index (χ0n) is 9.51. The molecule has 0 fully saturated rings. The van der Waals surface area contributed by atoms with Crippen molar-refractivity contribution in [3.63, 3.8) is 0 Å². The van der Waals surface area contributed by atoms with Gasteiger partial charge in [-0.3, -0.25) is 0 Å². The molecule has 0 unspecified atom stereocenters. The number of hydrogen-bond donors (Lipinski definition) is 2. The van der Waals surface area contributed by atoms with Gasteiger partial charge in [-0.05, 0) is 17.7 Å². The molecular weight excluding hydrogens is 255 g/mol. The van der Waals surface area contributed by atoms with E-state index in [1.54, 1.807) is 13.8 Å². The first-order valence-electron chi connectivity index (χ1n) is 4.80. The van der Waals surface area contributed by atoms with E-state index in [1.807, 2.05) is 0 Å². The van der Waals surface area contributed by atoms with E-state index in [2.05, 4.69) is 0 Å². The molecule has 2 nitrogen and oxygen atoms in total. The predicted molar refractivity (Wildman–Crippen MR) is 61.4 cm³/mol. The maximum atomic E-state index is 13.0. The van der Waals surface area contributed by atoms with Crippen LogP contribution in [-0.4, -0.2) is 11.7 Å². The fourth-order valence-electron chi connectivity index (χ4n) is 1.30. The van der Waals surface area contributed by atoms with Crippen LogP contribution < -0.4 is 5.73 Å². The molecule has 0 saturated heterocycles. The summed E-state index contributed by atoms with van der Waals surface area (Å²) in [4.78, 5) is 0. The third-order valence-electron chi connectivity index (χ3n) is 2.61. The summed E-state index contributed by atoms with van der Waals surface area (Å²) in [5, 5.41) is 9.08. The van der Waals surface area contributed by atoms with Crippen LogP contribution in [0.25, 0.3) is 0 Å². The Labute approximate surface area is 104 Å². The molecule has 17 heavy (non-hydrogen) atoms. The molecule has 0 radical (unpaired) electrons. The van der Waals surface area contributed by atoms with Gasteiger partial charge in [0.15, 0.2) is 17.5 Å². The molecule has 0 aliphatic rings. The highest BCUT2D eigenvalue weighted by Crippen LogP contribution is 2.31. The summed E-state index contributed by atoms with van der Waals surface area (Å²) >= 11 is 0. The Morgan fingerprint density at radius 1 is 1.24 bits per heavy atom. The molecule has 0 amide bonds. The van der Waals surface area contributed by atoms with Gasteiger partial charge in [0.05, 0.1) is 0 Å². The molecule has 0 aromatic heterocycles. The maximum absolute atomic E-state index is 13.0. The van der Waals surface area contributed by atoms with Crippen molar-refractivity contribution >= 4 is 12.4 Å². The molecule has 0 spiro atoms. The normalized spacial score (nSPS) is 13.1. The minimum atomic E-state index is -1.52. The summed E-state index contributed by atoms with van der Waals surface area (Å²) in [5.74, 6) is -4.07. The predicted octanol–water partition coefficient (Wildman–Crippen LogP) is 2.54. The topological polar surface area (TPSA) is 46.2 Å². The summed E-state index contributed by atoms with van der Waals surface area (Å²) in [6.07, 6.45) is 0. The number of aliphatic hydroxyl groups excluding tert-OH is 1. The molecule has 0 bridgehead atoms. The standard InChI is InChI=1S/C11H14F3NO.ClH/c1-11(2,5-16)10(15)6-3-7(12)9(14)8(13)4-6;/h3-4,10,16H,5,15H2,1-2H3;1H/t10-;/m1./s1. The van der Waals surface area contributed by atoms with Gasteiger partial charge in [0.1, 0.15) is 0 Å².